The van der Waals surface area contributed by atoms with Crippen molar-refractivity contribution >= 4 is 11.6 Å². The second kappa shape index (κ2) is 12.8. The van der Waals surface area contributed by atoms with E-state index in [2.05, 4.69) is 30.3 Å². The van der Waals surface area contributed by atoms with Gasteiger partial charge in [0.2, 0.25) is 0 Å². The number of benzene rings is 1. The molecule has 37 heavy (non-hydrogen) atoms. The van der Waals surface area contributed by atoms with Crippen molar-refractivity contribution in [2.45, 2.75) is 68.0 Å². The van der Waals surface area contributed by atoms with Crippen LogP contribution in [0, 0.1) is 23.7 Å². The minimum absolute atomic E-state index is 0.281. The third-order valence-electron chi connectivity index (χ3n) is 6.24. The molecule has 0 saturated carbocycles. The monoisotopic (exact) mass is 516 g/mol. The first-order valence-electron chi connectivity index (χ1n) is 11.7. The Kier molecular flexibility index (Phi) is 10.0. The van der Waals surface area contributed by atoms with E-state index in [9.17, 15) is 40.9 Å². The Morgan fingerprint density at radius 1 is 0.838 bits per heavy atom. The van der Waals surface area contributed by atoms with E-state index < -0.39 is 74.3 Å². The number of aliphatic hydroxyl groups is 8. The molecule has 0 spiro atoms. The molecule has 1 aromatic rings. The standard InChI is InChI=1S/C27H32O10/c1-3-5-15-6-4-7-16(9-11-18-23(31)27(35)25(33)20(13-29)37-18)21(15)14(2)8-10-17-22(30)26(34)24(32)19(12-28)36-17/h3-7,17-20,22-35H,2,12-13H2,1H3/b5-3-/t17-,18-,19-,20-,22-,23-,24-,25-,26-,27-/m1/s1. The van der Waals surface area contributed by atoms with Crippen LogP contribution in [0.5, 0.6) is 0 Å². The zero-order chi connectivity index (χ0) is 27.3. The van der Waals surface area contributed by atoms with Gasteiger partial charge in [0, 0.05) is 16.7 Å². The van der Waals surface area contributed by atoms with E-state index >= 15 is 0 Å². The molecule has 3 rings (SSSR count). The van der Waals surface area contributed by atoms with Crippen LogP contribution < -0.4 is 0 Å². The van der Waals surface area contributed by atoms with E-state index in [0.717, 1.165) is 0 Å². The smallest absolute Gasteiger partial charge is 0.147 e. The summed E-state index contributed by atoms with van der Waals surface area (Å²) in [6.07, 6.45) is -10.1. The summed E-state index contributed by atoms with van der Waals surface area (Å²) in [5.41, 5.74) is 1.95. The third kappa shape index (κ3) is 6.29. The molecule has 0 bridgehead atoms. The lowest BCUT2D eigenvalue weighted by Gasteiger charge is -2.37. The van der Waals surface area contributed by atoms with Gasteiger partial charge in [0.25, 0.3) is 0 Å². The fourth-order valence-corrected chi connectivity index (χ4v) is 4.14. The molecule has 2 aliphatic heterocycles. The van der Waals surface area contributed by atoms with Crippen molar-refractivity contribution in [3.8, 4) is 23.7 Å². The lowest BCUT2D eigenvalue weighted by Crippen LogP contribution is -2.58. The maximum absolute atomic E-state index is 10.3. The zero-order valence-electron chi connectivity index (χ0n) is 20.2. The normalized spacial score (nSPS) is 35.8. The second-order valence-electron chi connectivity index (χ2n) is 8.79. The average Bonchev–Trinajstić information content (AvgIpc) is 2.89. The Hall–Kier alpha value is -2.58. The van der Waals surface area contributed by atoms with Crippen LogP contribution in [0.1, 0.15) is 23.6 Å². The molecule has 8 N–H and O–H groups in total. The van der Waals surface area contributed by atoms with E-state index in [-0.39, 0.29) is 5.57 Å². The number of allylic oxidation sites excluding steroid dienone is 2. The topological polar surface area (TPSA) is 180 Å². The minimum Gasteiger partial charge on any atom is -0.394 e. The fourth-order valence-electron chi connectivity index (χ4n) is 4.14. The fraction of sp³-hybridized carbons (Fsp3) is 0.481. The Balaban J connectivity index is 1.94. The van der Waals surface area contributed by atoms with Crippen LogP contribution in [0.3, 0.4) is 0 Å². The molecule has 10 nitrogen and oxygen atoms in total. The molecule has 2 aliphatic rings. The van der Waals surface area contributed by atoms with Crippen molar-refractivity contribution in [3.63, 3.8) is 0 Å². The van der Waals surface area contributed by atoms with Crippen LogP contribution in [-0.4, -0.2) is 115 Å². The van der Waals surface area contributed by atoms with Crippen molar-refractivity contribution < 1.29 is 50.3 Å². The minimum atomic E-state index is -1.56. The number of ether oxygens (including phenoxy) is 2. The Morgan fingerprint density at radius 2 is 1.38 bits per heavy atom. The lowest BCUT2D eigenvalue weighted by molar-refractivity contribution is -0.214. The zero-order valence-corrected chi connectivity index (χ0v) is 20.2. The maximum Gasteiger partial charge on any atom is 0.147 e. The summed E-state index contributed by atoms with van der Waals surface area (Å²) < 4.78 is 10.9. The molecule has 2 fully saturated rings. The molecule has 0 radical (unpaired) electrons. The Bertz CT molecular complexity index is 1110. The number of aliphatic hydroxyl groups excluding tert-OH is 8. The van der Waals surface area contributed by atoms with Gasteiger partial charge in [-0.25, -0.2) is 0 Å². The van der Waals surface area contributed by atoms with E-state index in [1.165, 1.54) is 0 Å². The molecule has 0 unspecified atom stereocenters. The first-order valence-corrected chi connectivity index (χ1v) is 11.7. The second-order valence-corrected chi connectivity index (χ2v) is 8.79. The maximum atomic E-state index is 10.3. The highest BCUT2D eigenvalue weighted by atomic mass is 16.5. The molecular weight excluding hydrogens is 484 g/mol. The van der Waals surface area contributed by atoms with Crippen molar-refractivity contribution in [2.24, 2.45) is 0 Å². The van der Waals surface area contributed by atoms with Gasteiger partial charge in [-0.05, 0) is 18.6 Å². The van der Waals surface area contributed by atoms with Crippen molar-refractivity contribution in [2.75, 3.05) is 13.2 Å². The molecule has 2 saturated heterocycles. The average molecular weight is 517 g/mol. The summed E-state index contributed by atoms with van der Waals surface area (Å²) in [7, 11) is 0. The molecular formula is C27H32O10. The van der Waals surface area contributed by atoms with E-state index in [4.69, 9.17) is 9.47 Å². The van der Waals surface area contributed by atoms with Crippen molar-refractivity contribution in [1.82, 2.24) is 0 Å². The van der Waals surface area contributed by atoms with Gasteiger partial charge in [-0.3, -0.25) is 0 Å². The molecule has 0 aromatic heterocycles. The lowest BCUT2D eigenvalue weighted by atomic mass is 9.92. The van der Waals surface area contributed by atoms with Crippen LogP contribution in [0.15, 0.2) is 30.9 Å². The van der Waals surface area contributed by atoms with Gasteiger partial charge in [-0.1, -0.05) is 54.5 Å². The SMILES string of the molecule is C=C(C#C[C@H]1O[C@H](CO)[C@@H](O)[C@H](O)[C@@H]1O)c1c(C#C[C@H]2O[C@H](CO)[C@@H](O)[C@H](O)[C@@H]2O)cccc1/C=C\C. The summed E-state index contributed by atoms with van der Waals surface area (Å²) in [4.78, 5) is 0. The predicted octanol–water partition coefficient (Wildman–Crippen LogP) is -2.23. The highest BCUT2D eigenvalue weighted by molar-refractivity contribution is 5.85. The van der Waals surface area contributed by atoms with Gasteiger partial charge in [0.05, 0.1) is 13.2 Å². The molecule has 0 amide bonds. The van der Waals surface area contributed by atoms with Crippen molar-refractivity contribution in [1.29, 1.82) is 0 Å². The third-order valence-corrected chi connectivity index (χ3v) is 6.24. The largest absolute Gasteiger partial charge is 0.394 e. The Labute approximate surface area is 214 Å². The molecule has 200 valence electrons. The first-order chi connectivity index (χ1) is 17.6. The summed E-state index contributed by atoms with van der Waals surface area (Å²) in [6.45, 7) is 4.67. The van der Waals surface area contributed by atoms with Gasteiger partial charge in [0.15, 0.2) is 0 Å². The molecule has 0 aliphatic carbocycles. The van der Waals surface area contributed by atoms with Gasteiger partial charge in [0.1, 0.15) is 61.0 Å². The molecule has 1 aromatic carbocycles. The summed E-state index contributed by atoms with van der Waals surface area (Å²) in [6, 6.07) is 5.23. The van der Waals surface area contributed by atoms with Gasteiger partial charge < -0.3 is 50.3 Å². The highest BCUT2D eigenvalue weighted by Gasteiger charge is 2.43. The van der Waals surface area contributed by atoms with Crippen molar-refractivity contribution in [3.05, 3.63) is 47.5 Å². The number of rotatable bonds is 4. The predicted molar refractivity (Wildman–Crippen MR) is 132 cm³/mol. The summed E-state index contributed by atoms with van der Waals surface area (Å²) in [5, 5.41) is 79.3. The van der Waals surface area contributed by atoms with Crippen LogP contribution in [-0.2, 0) is 9.47 Å². The van der Waals surface area contributed by atoms with Gasteiger partial charge in [-0.2, -0.15) is 0 Å². The highest BCUT2D eigenvalue weighted by Crippen LogP contribution is 2.26. The van der Waals surface area contributed by atoms with Crippen LogP contribution >= 0.6 is 0 Å². The number of hydrogen-bond donors (Lipinski definition) is 8. The molecule has 10 atom stereocenters. The van der Waals surface area contributed by atoms with Crippen LogP contribution in [0.4, 0.5) is 0 Å². The van der Waals surface area contributed by atoms with E-state index in [1.54, 1.807) is 30.4 Å². The summed E-state index contributed by atoms with van der Waals surface area (Å²) >= 11 is 0. The molecule has 10 heteroatoms. The number of hydrogen-bond acceptors (Lipinski definition) is 10. The first kappa shape index (κ1) is 29.0. The summed E-state index contributed by atoms with van der Waals surface area (Å²) in [5.74, 6) is 11.1. The van der Waals surface area contributed by atoms with E-state index in [1.807, 2.05) is 6.92 Å². The quantitative estimate of drug-likeness (QED) is 0.204. The van der Waals surface area contributed by atoms with Gasteiger partial charge >= 0.3 is 0 Å². The van der Waals surface area contributed by atoms with Gasteiger partial charge in [-0.15, -0.1) is 0 Å². The van der Waals surface area contributed by atoms with Crippen LogP contribution in [0.25, 0.3) is 11.6 Å². The van der Waals surface area contributed by atoms with E-state index in [0.29, 0.717) is 16.7 Å². The molecule has 2 heterocycles. The van der Waals surface area contributed by atoms with Crippen LogP contribution in [0.2, 0.25) is 0 Å². The Morgan fingerprint density at radius 3 is 1.89 bits per heavy atom.